The highest BCUT2D eigenvalue weighted by atomic mass is 32.2. The number of rotatable bonds is 9. The van der Waals surface area contributed by atoms with Gasteiger partial charge in [-0.25, -0.2) is 0 Å². The van der Waals surface area contributed by atoms with Gasteiger partial charge in [0.05, 0.1) is 11.7 Å². The minimum Gasteiger partial charge on any atom is -0.456 e. The number of anilines is 5. The molecule has 7 aromatic carbocycles. The lowest BCUT2D eigenvalue weighted by molar-refractivity contribution is 0.148. The molecule has 4 aliphatic heterocycles. The molecule has 1 saturated heterocycles. The van der Waals surface area contributed by atoms with Crippen LogP contribution in [0.2, 0.25) is 5.82 Å². The second-order valence-corrected chi connectivity index (χ2v) is 27.8. The van der Waals surface area contributed by atoms with E-state index in [1.807, 2.05) is 0 Å². The first-order valence-electron chi connectivity index (χ1n) is 31.9. The zero-order chi connectivity index (χ0) is 57.1. The van der Waals surface area contributed by atoms with Crippen LogP contribution in [0.4, 0.5) is 28.4 Å². The topological polar surface area (TPSA) is 26.1 Å². The zero-order valence-corrected chi connectivity index (χ0v) is 50.4. The molecule has 9 heteroatoms. The summed E-state index contributed by atoms with van der Waals surface area (Å²) in [5.74, 6) is 0.253. The van der Waals surface area contributed by atoms with E-state index in [4.69, 9.17) is 4.42 Å². The average Bonchev–Trinajstić information content (AvgIpc) is 1.25. The van der Waals surface area contributed by atoms with E-state index in [1.165, 1.54) is 84.6 Å². The van der Waals surface area contributed by atoms with Crippen LogP contribution in [0.25, 0.3) is 33.1 Å². The standard InChI is InChI=1S/C78H66B2N4OS2/c1-7-25-51(26-8-1)60-47-61-59-37-19-23-41-71(59)85-72(61)49-67(60)84-68-50-74-65(80-63-39-21-24-42-73(63)86-75-45-58(46-76(87-74)78(75)80)82(54-31-13-4-14-32-54)55-33-15-5-16-34-55)48-64(68)79-62-38-20-22-40-66(62)83(56-35-17-6-18-36-56)69-43-57(44-70(84)77(69)79)81(52-27-9-2-10-28-52)53-29-11-3-12-30-53/h1-9,11,13-23,25-27,31-41,45,47-50,53,57,65,69,74,76H,10,12,24,28-30,42-44,46H2. The predicted octanol–water partition coefficient (Wildman–Crippen LogP) is 19.1. The van der Waals surface area contributed by atoms with Gasteiger partial charge >= 0.3 is 0 Å². The molecule has 0 N–H and O–H groups in total. The predicted molar refractivity (Wildman–Crippen MR) is 370 cm³/mol. The number of furan rings is 1. The molecule has 422 valence electrons. The van der Waals surface area contributed by atoms with Crippen molar-refractivity contribution in [3.05, 3.63) is 297 Å². The third-order valence-electron chi connectivity index (χ3n) is 20.6. The van der Waals surface area contributed by atoms with E-state index in [1.54, 1.807) is 21.3 Å². The Morgan fingerprint density at radius 3 is 2.17 bits per heavy atom. The van der Waals surface area contributed by atoms with E-state index in [0.717, 1.165) is 79.7 Å². The fourth-order valence-electron chi connectivity index (χ4n) is 17.1. The minimum absolute atomic E-state index is 0.0659. The van der Waals surface area contributed by atoms with Crippen molar-refractivity contribution in [2.24, 2.45) is 0 Å². The van der Waals surface area contributed by atoms with Crippen molar-refractivity contribution < 1.29 is 4.42 Å². The summed E-state index contributed by atoms with van der Waals surface area (Å²) in [6, 6.07) is 68.7. The molecule has 0 bridgehead atoms. The molecule has 87 heavy (non-hydrogen) atoms. The molecule has 10 aliphatic rings. The maximum absolute atomic E-state index is 7.05. The molecule has 6 atom stereocenters. The average molecular weight is 1160 g/mol. The van der Waals surface area contributed by atoms with E-state index < -0.39 is 0 Å². The Balaban J connectivity index is 0.898. The van der Waals surface area contributed by atoms with Crippen LogP contribution in [0.3, 0.4) is 0 Å². The summed E-state index contributed by atoms with van der Waals surface area (Å²) in [5, 5.41) is 2.80. The first-order valence-corrected chi connectivity index (χ1v) is 33.7. The summed E-state index contributed by atoms with van der Waals surface area (Å²) < 4.78 is 7.05. The summed E-state index contributed by atoms with van der Waals surface area (Å²) in [5.41, 5.74) is 23.8. The molecule has 5 heterocycles. The summed E-state index contributed by atoms with van der Waals surface area (Å²) in [6.45, 7) is 0.336. The summed E-state index contributed by atoms with van der Waals surface area (Å²) in [4.78, 5) is 14.2. The molecule has 6 aliphatic carbocycles. The van der Waals surface area contributed by atoms with Crippen molar-refractivity contribution in [3.63, 3.8) is 0 Å². The Morgan fingerprint density at radius 2 is 1.38 bits per heavy atom. The summed E-state index contributed by atoms with van der Waals surface area (Å²) >= 11 is 4.32. The van der Waals surface area contributed by atoms with Crippen LogP contribution >= 0.6 is 23.5 Å². The Morgan fingerprint density at radius 1 is 0.621 bits per heavy atom. The smallest absolute Gasteiger partial charge is 0.246 e. The van der Waals surface area contributed by atoms with Gasteiger partial charge in [-0.2, -0.15) is 0 Å². The van der Waals surface area contributed by atoms with Gasteiger partial charge in [0.2, 0.25) is 13.4 Å². The maximum Gasteiger partial charge on any atom is 0.246 e. The molecule has 1 aromatic heterocycles. The molecule has 1 fully saturated rings. The number of nitrogens with zero attached hydrogens (tertiary/aromatic N) is 4. The molecule has 0 radical (unpaired) electrons. The lowest BCUT2D eigenvalue weighted by atomic mass is 9.26. The quantitative estimate of drug-likeness (QED) is 0.105. The van der Waals surface area contributed by atoms with Gasteiger partial charge in [-0.1, -0.05) is 187 Å². The monoisotopic (exact) mass is 1160 g/mol. The molecule has 18 rings (SSSR count). The number of allylic oxidation sites excluding steroid dienone is 13. The van der Waals surface area contributed by atoms with Crippen LogP contribution in [0, 0.1) is 0 Å². The SMILES string of the molecule is C1=CCCC(N(C2CC=CCC2)C2CC3=C4B(C5=CC6B7C8=C(CCC=C8)SC8=C7C(CC(N(c7ccccc7)c7ccccc7)=C8)SC6C=C5N3c3cc5oc6ccccc6c5cc3-c3ccccc3)c3ccccc3N(c3ccccc3)C4C2)=C1. The van der Waals surface area contributed by atoms with E-state index in [-0.39, 0.29) is 41.8 Å². The molecule has 0 amide bonds. The molecule has 0 spiro atoms. The van der Waals surface area contributed by atoms with E-state index in [9.17, 15) is 0 Å². The van der Waals surface area contributed by atoms with Crippen molar-refractivity contribution in [3.8, 4) is 11.1 Å². The highest BCUT2D eigenvalue weighted by Gasteiger charge is 2.57. The number of hydrogen-bond donors (Lipinski definition) is 0. The third kappa shape index (κ3) is 8.53. The normalized spacial score (nSPS) is 24.1. The van der Waals surface area contributed by atoms with Crippen LogP contribution in [-0.4, -0.2) is 47.0 Å². The van der Waals surface area contributed by atoms with Crippen molar-refractivity contribution in [1.29, 1.82) is 0 Å². The molecule has 8 aromatic rings. The summed E-state index contributed by atoms with van der Waals surface area (Å²) in [7, 11) is 0. The van der Waals surface area contributed by atoms with Crippen molar-refractivity contribution in [1.82, 2.24) is 4.90 Å². The molecular weight excluding hydrogens is 1090 g/mol. The second kappa shape index (κ2) is 21.3. The minimum atomic E-state index is 0.0659. The first-order chi connectivity index (χ1) is 43.2. The second-order valence-electron chi connectivity index (χ2n) is 25.3. The van der Waals surface area contributed by atoms with Crippen molar-refractivity contribution in [2.45, 2.75) is 98.7 Å². The van der Waals surface area contributed by atoms with Crippen LogP contribution in [-0.2, 0) is 0 Å². The van der Waals surface area contributed by atoms with Crippen molar-refractivity contribution in [2.75, 3.05) is 14.7 Å². The number of fused-ring (bicyclic) bond motifs is 10. The third-order valence-corrected chi connectivity index (χ3v) is 23.3. The van der Waals surface area contributed by atoms with Crippen LogP contribution in [0.15, 0.2) is 302 Å². The number of hydrogen-bond acceptors (Lipinski definition) is 7. The van der Waals surface area contributed by atoms with Gasteiger partial charge in [0.25, 0.3) is 0 Å². The first kappa shape index (κ1) is 51.9. The van der Waals surface area contributed by atoms with Gasteiger partial charge in [-0.05, 0) is 157 Å². The van der Waals surface area contributed by atoms with Crippen LogP contribution < -0.4 is 20.2 Å². The lowest BCUT2D eigenvalue weighted by Gasteiger charge is -2.57. The van der Waals surface area contributed by atoms with E-state index in [2.05, 4.69) is 286 Å². The Bertz CT molecular complexity index is 4400. The number of para-hydroxylation sites is 5. The number of benzene rings is 7. The molecule has 6 unspecified atom stereocenters. The summed E-state index contributed by atoms with van der Waals surface area (Å²) in [6.07, 6.45) is 36.0. The van der Waals surface area contributed by atoms with Gasteiger partial charge in [-0.15, -0.1) is 11.8 Å². The highest BCUT2D eigenvalue weighted by molar-refractivity contribution is 8.07. The van der Waals surface area contributed by atoms with E-state index >= 15 is 0 Å². The Kier molecular flexibility index (Phi) is 12.7. The maximum atomic E-state index is 7.05. The fraction of sp³-hybridized carbons (Fsp3) is 0.205. The van der Waals surface area contributed by atoms with Crippen LogP contribution in [0.5, 0.6) is 0 Å². The highest BCUT2D eigenvalue weighted by Crippen LogP contribution is 2.62. The van der Waals surface area contributed by atoms with E-state index in [0.29, 0.717) is 6.04 Å². The molecule has 0 saturated carbocycles. The lowest BCUT2D eigenvalue weighted by Crippen LogP contribution is -2.62. The Hall–Kier alpha value is -8.23. The van der Waals surface area contributed by atoms with Gasteiger partial charge in [0.1, 0.15) is 11.2 Å². The molecule has 5 nitrogen and oxygen atoms in total. The Labute approximate surface area is 520 Å². The fourth-order valence-corrected chi connectivity index (χ4v) is 20.2. The number of thioether (sulfide) groups is 2. The van der Waals surface area contributed by atoms with Crippen molar-refractivity contribution >= 4 is 92.8 Å². The van der Waals surface area contributed by atoms with Crippen LogP contribution in [0.1, 0.15) is 64.2 Å². The van der Waals surface area contributed by atoms with Gasteiger partial charge in [0.15, 0.2) is 0 Å². The van der Waals surface area contributed by atoms with Gasteiger partial charge in [0, 0.05) is 108 Å². The van der Waals surface area contributed by atoms with Gasteiger partial charge in [-0.3, -0.25) is 0 Å². The van der Waals surface area contributed by atoms with Gasteiger partial charge < -0.3 is 24.0 Å². The largest absolute Gasteiger partial charge is 0.456 e. The molecular formula is C78H66B2N4OS2. The zero-order valence-electron chi connectivity index (χ0n) is 48.8.